The van der Waals surface area contributed by atoms with Gasteiger partial charge in [-0.3, -0.25) is 4.68 Å². The van der Waals surface area contributed by atoms with Gasteiger partial charge < -0.3 is 5.11 Å². The van der Waals surface area contributed by atoms with Crippen LogP contribution >= 0.6 is 34.8 Å². The van der Waals surface area contributed by atoms with Crippen LogP contribution in [0.1, 0.15) is 30.7 Å². The molecule has 1 heterocycles. The molecule has 1 aromatic carbocycles. The second kappa shape index (κ2) is 6.81. The summed E-state index contributed by atoms with van der Waals surface area (Å²) >= 11 is 18.1. The minimum Gasteiger partial charge on any atom is -0.386 e. The molecule has 20 heavy (non-hydrogen) atoms. The molecule has 0 fully saturated rings. The Bertz CT molecular complexity index is 598. The van der Waals surface area contributed by atoms with Gasteiger partial charge in [0.25, 0.3) is 0 Å². The Morgan fingerprint density at radius 2 is 2.00 bits per heavy atom. The molecule has 108 valence electrons. The Hall–Kier alpha value is -0.740. The van der Waals surface area contributed by atoms with Crippen molar-refractivity contribution < 1.29 is 5.11 Å². The van der Waals surface area contributed by atoms with Gasteiger partial charge in [0, 0.05) is 23.0 Å². The fourth-order valence-electron chi connectivity index (χ4n) is 2.09. The van der Waals surface area contributed by atoms with Gasteiger partial charge in [0.1, 0.15) is 6.10 Å². The Morgan fingerprint density at radius 3 is 2.65 bits per heavy atom. The first-order valence-corrected chi connectivity index (χ1v) is 7.49. The number of aryl methyl sites for hydroxylation is 1. The van der Waals surface area contributed by atoms with Gasteiger partial charge in [-0.25, -0.2) is 0 Å². The number of rotatable bonds is 5. The molecule has 0 saturated heterocycles. The maximum Gasteiger partial charge on any atom is 0.101 e. The van der Waals surface area contributed by atoms with Crippen LogP contribution in [0.3, 0.4) is 0 Å². The molecule has 0 aliphatic rings. The predicted octanol–water partition coefficient (Wildman–Crippen LogP) is 4.53. The highest BCUT2D eigenvalue weighted by molar-refractivity contribution is 6.35. The molecular formula is C14H15Cl3N2O. The average Bonchev–Trinajstić information content (AvgIpc) is 2.74. The summed E-state index contributed by atoms with van der Waals surface area (Å²) in [5.74, 6) is 0. The number of aliphatic hydroxyl groups excluding tert-OH is 1. The van der Waals surface area contributed by atoms with Crippen LogP contribution in [-0.4, -0.2) is 14.9 Å². The summed E-state index contributed by atoms with van der Waals surface area (Å²) in [5, 5.41) is 16.2. The third-order valence-electron chi connectivity index (χ3n) is 3.01. The van der Waals surface area contributed by atoms with Crippen LogP contribution in [0.15, 0.2) is 24.4 Å². The highest BCUT2D eigenvalue weighted by Crippen LogP contribution is 2.29. The molecule has 0 spiro atoms. The second-order valence-corrected chi connectivity index (χ2v) is 5.81. The Morgan fingerprint density at radius 1 is 1.25 bits per heavy atom. The molecule has 0 aliphatic heterocycles. The number of benzene rings is 1. The molecular weight excluding hydrogens is 319 g/mol. The second-order valence-electron chi connectivity index (χ2n) is 4.56. The Balaban J connectivity index is 2.23. The molecule has 1 aromatic heterocycles. The standard InChI is InChI=1S/C14H15Cl3N2O/c1-2-5-19-14(12(17)8-18-19)13(20)6-9-3-4-10(15)7-11(9)16/h3-4,7-8,13,20H,2,5-6H2,1H3. The highest BCUT2D eigenvalue weighted by Gasteiger charge is 2.19. The minimum atomic E-state index is -0.754. The molecule has 0 amide bonds. The Labute approximate surface area is 133 Å². The number of aromatic nitrogens is 2. The van der Waals surface area contributed by atoms with Gasteiger partial charge in [-0.05, 0) is 24.1 Å². The molecule has 1 unspecified atom stereocenters. The lowest BCUT2D eigenvalue weighted by atomic mass is 10.1. The van der Waals surface area contributed by atoms with Gasteiger partial charge >= 0.3 is 0 Å². The first-order valence-electron chi connectivity index (χ1n) is 6.36. The lowest BCUT2D eigenvalue weighted by molar-refractivity contribution is 0.166. The number of hydrogen-bond acceptors (Lipinski definition) is 2. The third-order valence-corrected chi connectivity index (χ3v) is 3.89. The molecule has 1 N–H and O–H groups in total. The van der Waals surface area contributed by atoms with Crippen LogP contribution in [0, 0.1) is 0 Å². The van der Waals surface area contributed by atoms with Crippen molar-refractivity contribution >= 4 is 34.8 Å². The lowest BCUT2D eigenvalue weighted by Gasteiger charge is -2.15. The zero-order valence-corrected chi connectivity index (χ0v) is 13.3. The highest BCUT2D eigenvalue weighted by atomic mass is 35.5. The van der Waals surface area contributed by atoms with Gasteiger partial charge in [0.05, 0.1) is 16.9 Å². The summed E-state index contributed by atoms with van der Waals surface area (Å²) < 4.78 is 1.73. The summed E-state index contributed by atoms with van der Waals surface area (Å²) in [6, 6.07) is 5.22. The normalized spacial score (nSPS) is 12.7. The van der Waals surface area contributed by atoms with Crippen LogP contribution in [0.25, 0.3) is 0 Å². The van der Waals surface area contributed by atoms with Crippen molar-refractivity contribution in [3.8, 4) is 0 Å². The van der Waals surface area contributed by atoms with Crippen LogP contribution in [0.4, 0.5) is 0 Å². The van der Waals surface area contributed by atoms with E-state index in [9.17, 15) is 5.11 Å². The van der Waals surface area contributed by atoms with Crippen molar-refractivity contribution in [1.82, 2.24) is 9.78 Å². The van der Waals surface area contributed by atoms with Crippen molar-refractivity contribution in [2.24, 2.45) is 0 Å². The third kappa shape index (κ3) is 3.47. The summed E-state index contributed by atoms with van der Waals surface area (Å²) in [5.41, 5.74) is 1.45. The first-order chi connectivity index (χ1) is 9.52. The van der Waals surface area contributed by atoms with E-state index in [0.29, 0.717) is 33.7 Å². The predicted molar refractivity (Wildman–Crippen MR) is 82.7 cm³/mol. The smallest absolute Gasteiger partial charge is 0.101 e. The van der Waals surface area contributed by atoms with E-state index >= 15 is 0 Å². The zero-order chi connectivity index (χ0) is 14.7. The summed E-state index contributed by atoms with van der Waals surface area (Å²) in [4.78, 5) is 0. The van der Waals surface area contributed by atoms with Gasteiger partial charge in [-0.1, -0.05) is 47.8 Å². The van der Waals surface area contributed by atoms with Gasteiger partial charge in [-0.15, -0.1) is 0 Å². The number of nitrogens with zero attached hydrogens (tertiary/aromatic N) is 2. The van der Waals surface area contributed by atoms with Crippen LogP contribution < -0.4 is 0 Å². The van der Waals surface area contributed by atoms with Crippen molar-refractivity contribution in [1.29, 1.82) is 0 Å². The SMILES string of the molecule is CCCn1ncc(Cl)c1C(O)Cc1ccc(Cl)cc1Cl. The molecule has 0 saturated carbocycles. The van der Waals surface area contributed by atoms with Crippen molar-refractivity contribution in [2.45, 2.75) is 32.4 Å². The van der Waals surface area contributed by atoms with E-state index < -0.39 is 6.10 Å². The van der Waals surface area contributed by atoms with Crippen LogP contribution in [0.2, 0.25) is 15.1 Å². The molecule has 0 radical (unpaired) electrons. The topological polar surface area (TPSA) is 38.0 Å². The molecule has 1 atom stereocenters. The summed E-state index contributed by atoms with van der Waals surface area (Å²) in [6.45, 7) is 2.76. The van der Waals surface area contributed by atoms with Gasteiger partial charge in [0.2, 0.25) is 0 Å². The first kappa shape index (κ1) is 15.6. The van der Waals surface area contributed by atoms with Gasteiger partial charge in [-0.2, -0.15) is 5.10 Å². The molecule has 0 bridgehead atoms. The van der Waals surface area contributed by atoms with E-state index in [2.05, 4.69) is 5.10 Å². The van der Waals surface area contributed by atoms with Gasteiger partial charge in [0.15, 0.2) is 0 Å². The van der Waals surface area contributed by atoms with E-state index in [1.165, 1.54) is 0 Å². The van der Waals surface area contributed by atoms with Crippen LogP contribution in [0.5, 0.6) is 0 Å². The fraction of sp³-hybridized carbons (Fsp3) is 0.357. The minimum absolute atomic E-state index is 0.366. The van der Waals surface area contributed by atoms with Crippen molar-refractivity contribution in [3.05, 3.63) is 50.7 Å². The molecule has 2 rings (SSSR count). The van der Waals surface area contributed by atoms with Crippen LogP contribution in [-0.2, 0) is 13.0 Å². The van der Waals surface area contributed by atoms with Crippen molar-refractivity contribution in [2.75, 3.05) is 0 Å². The largest absolute Gasteiger partial charge is 0.386 e. The Kier molecular flexibility index (Phi) is 5.33. The number of halogens is 3. The fourth-order valence-corrected chi connectivity index (χ4v) is 2.84. The number of aliphatic hydroxyl groups is 1. The zero-order valence-electron chi connectivity index (χ0n) is 11.0. The molecule has 0 aliphatic carbocycles. The lowest BCUT2D eigenvalue weighted by Crippen LogP contribution is -2.11. The molecule has 3 nitrogen and oxygen atoms in total. The van der Waals surface area contributed by atoms with E-state index in [4.69, 9.17) is 34.8 Å². The van der Waals surface area contributed by atoms with E-state index in [-0.39, 0.29) is 0 Å². The van der Waals surface area contributed by atoms with E-state index in [1.807, 2.05) is 13.0 Å². The average molecular weight is 334 g/mol. The monoisotopic (exact) mass is 332 g/mol. The number of hydrogen-bond donors (Lipinski definition) is 1. The maximum atomic E-state index is 10.4. The van der Waals surface area contributed by atoms with Crippen molar-refractivity contribution in [3.63, 3.8) is 0 Å². The quantitative estimate of drug-likeness (QED) is 0.873. The van der Waals surface area contributed by atoms with E-state index in [0.717, 1.165) is 12.0 Å². The molecule has 6 heteroatoms. The maximum absolute atomic E-state index is 10.4. The summed E-state index contributed by atoms with van der Waals surface area (Å²) in [7, 11) is 0. The summed E-state index contributed by atoms with van der Waals surface area (Å²) in [6.07, 6.45) is 2.08. The molecule has 2 aromatic rings. The van der Waals surface area contributed by atoms with E-state index in [1.54, 1.807) is 23.0 Å².